The third-order valence-corrected chi connectivity index (χ3v) is 5.47. The number of benzene rings is 2. The number of anilines is 1. The van der Waals surface area contributed by atoms with Gasteiger partial charge in [0.05, 0.1) is 0 Å². The summed E-state index contributed by atoms with van der Waals surface area (Å²) < 4.78 is 0. The van der Waals surface area contributed by atoms with E-state index < -0.39 is 0 Å². The monoisotopic (exact) mass is 405 g/mol. The number of nitrogens with zero attached hydrogens (tertiary/aromatic N) is 1. The van der Waals surface area contributed by atoms with E-state index in [-0.39, 0.29) is 23.6 Å². The van der Waals surface area contributed by atoms with Gasteiger partial charge >= 0.3 is 0 Å². The van der Waals surface area contributed by atoms with Crippen LogP contribution in [0, 0.1) is 6.92 Å². The zero-order chi connectivity index (χ0) is 21.5. The van der Waals surface area contributed by atoms with E-state index in [4.69, 9.17) is 0 Å². The average molecular weight is 406 g/mol. The molecule has 0 spiro atoms. The van der Waals surface area contributed by atoms with E-state index in [1.807, 2.05) is 62.3 Å². The third-order valence-electron chi connectivity index (χ3n) is 5.47. The van der Waals surface area contributed by atoms with Crippen LogP contribution >= 0.6 is 0 Å². The molecule has 0 bridgehead atoms. The molecule has 0 aromatic heterocycles. The normalized spacial score (nSPS) is 14.8. The number of carbonyl (C=O) groups excluding carboxylic acids is 2. The van der Waals surface area contributed by atoms with Crippen molar-refractivity contribution in [2.75, 3.05) is 19.0 Å². The third kappa shape index (κ3) is 5.96. The first-order chi connectivity index (χ1) is 14.4. The highest BCUT2D eigenvalue weighted by Gasteiger charge is 2.20. The lowest BCUT2D eigenvalue weighted by Crippen LogP contribution is -2.41. The molecular formula is C25H31N3O2. The number of hydrogen-bond acceptors (Lipinski definition) is 3. The zero-order valence-corrected chi connectivity index (χ0v) is 18.1. The number of rotatable bonds is 6. The molecule has 3 rings (SSSR count). The van der Waals surface area contributed by atoms with E-state index in [0.29, 0.717) is 5.56 Å². The van der Waals surface area contributed by atoms with E-state index in [0.717, 1.165) is 42.5 Å². The van der Waals surface area contributed by atoms with Crippen LogP contribution in [0.1, 0.15) is 53.6 Å². The molecule has 158 valence electrons. The van der Waals surface area contributed by atoms with Gasteiger partial charge in [-0.05, 0) is 55.7 Å². The molecule has 0 unspecified atom stereocenters. The number of aryl methyl sites for hydroxylation is 1. The Morgan fingerprint density at radius 3 is 2.17 bits per heavy atom. The van der Waals surface area contributed by atoms with Crippen molar-refractivity contribution in [2.45, 2.75) is 45.1 Å². The molecule has 1 fully saturated rings. The van der Waals surface area contributed by atoms with Gasteiger partial charge in [0.2, 0.25) is 0 Å². The number of nitrogens with one attached hydrogen (secondary N) is 2. The van der Waals surface area contributed by atoms with Crippen LogP contribution in [0.2, 0.25) is 0 Å². The molecule has 2 aromatic carbocycles. The highest BCUT2D eigenvalue weighted by Crippen LogP contribution is 2.19. The van der Waals surface area contributed by atoms with E-state index in [2.05, 4.69) is 10.6 Å². The van der Waals surface area contributed by atoms with Crippen molar-refractivity contribution < 1.29 is 9.59 Å². The lowest BCUT2D eigenvalue weighted by Gasteiger charge is -2.23. The molecule has 1 aliphatic rings. The van der Waals surface area contributed by atoms with Gasteiger partial charge in [0.15, 0.2) is 0 Å². The minimum atomic E-state index is -0.287. The van der Waals surface area contributed by atoms with Crippen LogP contribution in [0.4, 0.5) is 5.69 Å². The first-order valence-corrected chi connectivity index (χ1v) is 10.6. The van der Waals surface area contributed by atoms with Gasteiger partial charge in [-0.2, -0.15) is 0 Å². The second kappa shape index (κ2) is 10.1. The fourth-order valence-electron chi connectivity index (χ4n) is 3.60. The first-order valence-electron chi connectivity index (χ1n) is 10.6. The minimum Gasteiger partial charge on any atom is -0.378 e. The van der Waals surface area contributed by atoms with Crippen molar-refractivity contribution in [1.82, 2.24) is 10.6 Å². The maximum absolute atomic E-state index is 13.0. The predicted octanol–water partition coefficient (Wildman–Crippen LogP) is 4.28. The van der Waals surface area contributed by atoms with Gasteiger partial charge in [-0.25, -0.2) is 0 Å². The van der Waals surface area contributed by atoms with Crippen LogP contribution in [0.15, 0.2) is 54.2 Å². The average Bonchev–Trinajstić information content (AvgIpc) is 2.74. The van der Waals surface area contributed by atoms with Crippen molar-refractivity contribution >= 4 is 23.6 Å². The van der Waals surface area contributed by atoms with Crippen LogP contribution in [0.3, 0.4) is 0 Å². The van der Waals surface area contributed by atoms with Gasteiger partial charge < -0.3 is 15.5 Å². The Bertz CT molecular complexity index is 893. The molecule has 1 aliphatic carbocycles. The SMILES string of the molecule is Cc1ccc(C(=O)N/C(=C/c2ccc(N(C)C)cc2)C(=O)NC2CCCCC2)cc1. The molecule has 30 heavy (non-hydrogen) atoms. The highest BCUT2D eigenvalue weighted by molar-refractivity contribution is 6.05. The Morgan fingerprint density at radius 1 is 0.933 bits per heavy atom. The van der Waals surface area contributed by atoms with Gasteiger partial charge in [0.1, 0.15) is 5.70 Å². The summed E-state index contributed by atoms with van der Waals surface area (Å²) in [5.41, 5.74) is 3.81. The summed E-state index contributed by atoms with van der Waals surface area (Å²) in [6.45, 7) is 1.97. The summed E-state index contributed by atoms with van der Waals surface area (Å²) in [5, 5.41) is 5.93. The molecule has 2 aromatic rings. The van der Waals surface area contributed by atoms with Crippen molar-refractivity contribution in [1.29, 1.82) is 0 Å². The van der Waals surface area contributed by atoms with Crippen LogP contribution in [0.5, 0.6) is 0 Å². The van der Waals surface area contributed by atoms with Crippen molar-refractivity contribution in [3.8, 4) is 0 Å². The van der Waals surface area contributed by atoms with Gasteiger partial charge in [-0.1, -0.05) is 49.1 Å². The van der Waals surface area contributed by atoms with E-state index >= 15 is 0 Å². The van der Waals surface area contributed by atoms with E-state index in [1.54, 1.807) is 18.2 Å². The quantitative estimate of drug-likeness (QED) is 0.705. The summed E-state index contributed by atoms with van der Waals surface area (Å²) in [6, 6.07) is 15.4. The van der Waals surface area contributed by atoms with Crippen molar-refractivity contribution in [2.24, 2.45) is 0 Å². The Kier molecular flexibility index (Phi) is 7.28. The van der Waals surface area contributed by atoms with Crippen LogP contribution < -0.4 is 15.5 Å². The maximum atomic E-state index is 13.0. The second-order valence-electron chi connectivity index (χ2n) is 8.17. The minimum absolute atomic E-state index is 0.169. The molecule has 1 saturated carbocycles. The summed E-state index contributed by atoms with van der Waals surface area (Å²) in [7, 11) is 3.96. The lowest BCUT2D eigenvalue weighted by atomic mass is 9.95. The standard InChI is InChI=1S/C25H31N3O2/c1-18-9-13-20(14-10-18)24(29)27-23(25(30)26-21-7-5-4-6-8-21)17-19-11-15-22(16-12-19)28(2)3/h9-17,21H,4-8H2,1-3H3,(H,26,30)(H,27,29)/b23-17+. The highest BCUT2D eigenvalue weighted by atomic mass is 16.2. The Hall–Kier alpha value is -3.08. The van der Waals surface area contributed by atoms with Crippen molar-refractivity contribution in [3.05, 3.63) is 70.9 Å². The van der Waals surface area contributed by atoms with E-state index in [1.165, 1.54) is 6.42 Å². The molecule has 0 atom stereocenters. The van der Waals surface area contributed by atoms with Crippen LogP contribution in [-0.2, 0) is 4.79 Å². The van der Waals surface area contributed by atoms with E-state index in [9.17, 15) is 9.59 Å². The lowest BCUT2D eigenvalue weighted by molar-refractivity contribution is -0.118. The zero-order valence-electron chi connectivity index (χ0n) is 18.1. The number of amides is 2. The van der Waals surface area contributed by atoms with Crippen LogP contribution in [-0.4, -0.2) is 32.0 Å². The molecule has 0 saturated heterocycles. The molecule has 2 N–H and O–H groups in total. The fourth-order valence-corrected chi connectivity index (χ4v) is 3.60. The molecular weight excluding hydrogens is 374 g/mol. The fraction of sp³-hybridized carbons (Fsp3) is 0.360. The predicted molar refractivity (Wildman–Crippen MR) is 122 cm³/mol. The number of hydrogen-bond donors (Lipinski definition) is 2. The molecule has 0 radical (unpaired) electrons. The van der Waals surface area contributed by atoms with Gasteiger partial charge in [-0.15, -0.1) is 0 Å². The summed E-state index contributed by atoms with van der Waals surface area (Å²) in [5.74, 6) is -0.524. The molecule has 5 nitrogen and oxygen atoms in total. The van der Waals surface area contributed by atoms with Gasteiger partial charge in [0.25, 0.3) is 11.8 Å². The Morgan fingerprint density at radius 2 is 1.57 bits per heavy atom. The van der Waals surface area contributed by atoms with Crippen LogP contribution in [0.25, 0.3) is 6.08 Å². The Balaban J connectivity index is 1.81. The Labute approximate surface area is 179 Å². The van der Waals surface area contributed by atoms with Gasteiger partial charge in [0, 0.05) is 31.4 Å². The first kappa shape index (κ1) is 21.6. The number of carbonyl (C=O) groups is 2. The molecule has 5 heteroatoms. The van der Waals surface area contributed by atoms with Crippen molar-refractivity contribution in [3.63, 3.8) is 0 Å². The molecule has 0 heterocycles. The smallest absolute Gasteiger partial charge is 0.268 e. The largest absolute Gasteiger partial charge is 0.378 e. The summed E-state index contributed by atoms with van der Waals surface area (Å²) in [6.07, 6.45) is 7.20. The summed E-state index contributed by atoms with van der Waals surface area (Å²) >= 11 is 0. The topological polar surface area (TPSA) is 61.4 Å². The maximum Gasteiger partial charge on any atom is 0.268 e. The summed E-state index contributed by atoms with van der Waals surface area (Å²) in [4.78, 5) is 27.8. The van der Waals surface area contributed by atoms with Gasteiger partial charge in [-0.3, -0.25) is 9.59 Å². The molecule has 0 aliphatic heterocycles. The molecule has 2 amide bonds. The second-order valence-corrected chi connectivity index (χ2v) is 8.17.